The number of hydrogen-bond donors (Lipinski definition) is 2. The monoisotopic (exact) mass is 371 g/mol. The fraction of sp³-hybridized carbons (Fsp3) is 0.0833. The Morgan fingerprint density at radius 1 is 0.643 bits per heavy atom. The Morgan fingerprint density at radius 3 is 1.54 bits per heavy atom. The number of carbonyl (C=O) groups excluding carboxylic acids is 1. The minimum atomic E-state index is -0.790. The van der Waals surface area contributed by atoms with Crippen LogP contribution in [0.2, 0.25) is 0 Å². The van der Waals surface area contributed by atoms with Crippen molar-refractivity contribution in [2.24, 2.45) is 5.73 Å². The third kappa shape index (κ3) is 4.74. The molecule has 1 amide bonds. The van der Waals surface area contributed by atoms with Crippen LogP contribution in [0, 0.1) is 0 Å². The number of benzene rings is 4. The van der Waals surface area contributed by atoms with Crippen molar-refractivity contribution in [2.45, 2.75) is 12.8 Å². The first kappa shape index (κ1) is 19.1. The third-order valence-electron chi connectivity index (χ3n) is 4.47. The molecule has 0 saturated heterocycles. The lowest BCUT2D eigenvalue weighted by atomic mass is 10.0. The number of hydrogen-bond acceptors (Lipinski definition) is 2. The Morgan fingerprint density at radius 2 is 1.07 bits per heavy atom. The number of rotatable bonds is 4. The highest BCUT2D eigenvalue weighted by molar-refractivity contribution is 5.90. The van der Waals surface area contributed by atoms with Gasteiger partial charge in [0.2, 0.25) is 5.91 Å². The van der Waals surface area contributed by atoms with Crippen molar-refractivity contribution < 1.29 is 14.7 Å². The minimum absolute atomic E-state index is 0.0847. The van der Waals surface area contributed by atoms with Gasteiger partial charge in [0.25, 0.3) is 0 Å². The first-order valence-electron chi connectivity index (χ1n) is 8.98. The number of fused-ring (bicyclic) bond motifs is 2. The van der Waals surface area contributed by atoms with E-state index in [0.717, 1.165) is 32.7 Å². The van der Waals surface area contributed by atoms with Crippen LogP contribution in [0.1, 0.15) is 11.1 Å². The molecule has 0 aliphatic rings. The highest BCUT2D eigenvalue weighted by Crippen LogP contribution is 2.19. The van der Waals surface area contributed by atoms with E-state index in [1.54, 1.807) is 0 Å². The van der Waals surface area contributed by atoms with Crippen LogP contribution in [0.25, 0.3) is 21.5 Å². The van der Waals surface area contributed by atoms with E-state index < -0.39 is 5.97 Å². The number of carboxylic acids is 1. The Labute approximate surface area is 163 Å². The van der Waals surface area contributed by atoms with Crippen LogP contribution in [0.4, 0.5) is 0 Å². The smallest absolute Gasteiger partial charge is 0.307 e. The molecular weight excluding hydrogens is 350 g/mol. The van der Waals surface area contributed by atoms with Crippen molar-refractivity contribution >= 4 is 33.4 Å². The highest BCUT2D eigenvalue weighted by Gasteiger charge is 2.04. The summed E-state index contributed by atoms with van der Waals surface area (Å²) in [4.78, 5) is 21.4. The van der Waals surface area contributed by atoms with Gasteiger partial charge in [-0.15, -0.1) is 0 Å². The average molecular weight is 371 g/mol. The summed E-state index contributed by atoms with van der Waals surface area (Å²) in [6.07, 6.45) is 0.392. The van der Waals surface area contributed by atoms with Gasteiger partial charge in [0.1, 0.15) is 0 Å². The van der Waals surface area contributed by atoms with Gasteiger partial charge in [0.05, 0.1) is 12.8 Å². The second-order valence-electron chi connectivity index (χ2n) is 6.49. The SMILES string of the molecule is NC(=O)Cc1cccc2ccccc12.O=C(O)Cc1cccc2ccccc12. The standard InChI is InChI=1S/C12H11NO.C12H10O2/c2*13-12(14)8-10-6-3-5-9-4-1-2-7-11(9)10/h1-7H,8H2,(H2,13,14);1-7H,8H2,(H,13,14). The average Bonchev–Trinajstić information content (AvgIpc) is 2.68. The number of primary amides is 1. The topological polar surface area (TPSA) is 80.4 Å². The zero-order valence-electron chi connectivity index (χ0n) is 15.3. The summed E-state index contributed by atoms with van der Waals surface area (Å²) in [6, 6.07) is 27.4. The minimum Gasteiger partial charge on any atom is -0.481 e. The summed E-state index contributed by atoms with van der Waals surface area (Å²) in [6.45, 7) is 0. The molecule has 0 spiro atoms. The molecule has 4 aromatic carbocycles. The Bertz CT molecular complexity index is 1030. The fourth-order valence-electron chi connectivity index (χ4n) is 3.24. The molecule has 0 aliphatic carbocycles. The number of aliphatic carboxylic acids is 1. The van der Waals surface area contributed by atoms with Crippen molar-refractivity contribution in [3.05, 3.63) is 96.1 Å². The van der Waals surface area contributed by atoms with Crippen molar-refractivity contribution in [3.63, 3.8) is 0 Å². The van der Waals surface area contributed by atoms with Gasteiger partial charge in [-0.3, -0.25) is 9.59 Å². The summed E-state index contributed by atoms with van der Waals surface area (Å²) in [5.74, 6) is -1.08. The van der Waals surface area contributed by atoms with E-state index in [9.17, 15) is 9.59 Å². The molecule has 0 atom stereocenters. The molecule has 0 saturated carbocycles. The third-order valence-corrected chi connectivity index (χ3v) is 4.47. The van der Waals surface area contributed by atoms with Crippen LogP contribution >= 0.6 is 0 Å². The van der Waals surface area contributed by atoms with Gasteiger partial charge in [-0.25, -0.2) is 0 Å². The zero-order chi connectivity index (χ0) is 19.9. The summed E-state index contributed by atoms with van der Waals surface area (Å²) in [5, 5.41) is 13.1. The molecule has 0 unspecified atom stereocenters. The molecule has 4 aromatic rings. The molecule has 0 aromatic heterocycles. The number of carboxylic acid groups (broad SMARTS) is 1. The maximum Gasteiger partial charge on any atom is 0.307 e. The van der Waals surface area contributed by atoms with E-state index in [-0.39, 0.29) is 12.3 Å². The van der Waals surface area contributed by atoms with Crippen molar-refractivity contribution in [3.8, 4) is 0 Å². The van der Waals surface area contributed by atoms with Gasteiger partial charge in [-0.05, 0) is 32.7 Å². The Balaban J connectivity index is 0.000000161. The first-order valence-corrected chi connectivity index (χ1v) is 8.98. The molecule has 28 heavy (non-hydrogen) atoms. The molecule has 0 aliphatic heterocycles. The maximum absolute atomic E-state index is 10.8. The zero-order valence-corrected chi connectivity index (χ0v) is 15.3. The summed E-state index contributed by atoms with van der Waals surface area (Å²) < 4.78 is 0. The molecular formula is C24H21NO3. The Kier molecular flexibility index (Phi) is 6.02. The normalized spacial score (nSPS) is 10.3. The second kappa shape index (κ2) is 8.82. The largest absolute Gasteiger partial charge is 0.481 e. The lowest BCUT2D eigenvalue weighted by Crippen LogP contribution is -2.13. The number of nitrogens with two attached hydrogens (primary N) is 1. The lowest BCUT2D eigenvalue weighted by Gasteiger charge is -2.03. The molecule has 3 N–H and O–H groups in total. The van der Waals surface area contributed by atoms with Gasteiger partial charge < -0.3 is 10.8 Å². The van der Waals surface area contributed by atoms with Crippen molar-refractivity contribution in [1.29, 1.82) is 0 Å². The van der Waals surface area contributed by atoms with Crippen LogP contribution in [0.5, 0.6) is 0 Å². The highest BCUT2D eigenvalue weighted by atomic mass is 16.4. The maximum atomic E-state index is 10.8. The predicted molar refractivity (Wildman–Crippen MR) is 112 cm³/mol. The van der Waals surface area contributed by atoms with E-state index in [1.807, 2.05) is 84.9 Å². The van der Waals surface area contributed by atoms with E-state index in [2.05, 4.69) is 0 Å². The van der Waals surface area contributed by atoms with E-state index in [1.165, 1.54) is 0 Å². The first-order chi connectivity index (χ1) is 13.5. The van der Waals surface area contributed by atoms with E-state index >= 15 is 0 Å². The fourth-order valence-corrected chi connectivity index (χ4v) is 3.24. The van der Waals surface area contributed by atoms with Crippen LogP contribution in [0.15, 0.2) is 84.9 Å². The molecule has 0 heterocycles. The molecule has 140 valence electrons. The van der Waals surface area contributed by atoms with Crippen LogP contribution in [0.3, 0.4) is 0 Å². The lowest BCUT2D eigenvalue weighted by molar-refractivity contribution is -0.136. The summed E-state index contributed by atoms with van der Waals surface area (Å²) in [5.41, 5.74) is 7.04. The van der Waals surface area contributed by atoms with E-state index in [0.29, 0.717) is 6.42 Å². The van der Waals surface area contributed by atoms with Crippen molar-refractivity contribution in [2.75, 3.05) is 0 Å². The van der Waals surface area contributed by atoms with Gasteiger partial charge >= 0.3 is 5.97 Å². The van der Waals surface area contributed by atoms with Gasteiger partial charge in [0, 0.05) is 0 Å². The molecule has 4 rings (SSSR count). The Hall–Kier alpha value is -3.66. The number of amides is 1. The van der Waals surface area contributed by atoms with Crippen LogP contribution < -0.4 is 5.73 Å². The molecule has 0 radical (unpaired) electrons. The van der Waals surface area contributed by atoms with Crippen LogP contribution in [-0.2, 0) is 22.4 Å². The summed E-state index contributed by atoms with van der Waals surface area (Å²) >= 11 is 0. The predicted octanol–water partition coefficient (Wildman–Crippen LogP) is 4.33. The van der Waals surface area contributed by atoms with Gasteiger partial charge in [0.15, 0.2) is 0 Å². The second-order valence-corrected chi connectivity index (χ2v) is 6.49. The molecule has 0 bridgehead atoms. The molecule has 4 nitrogen and oxygen atoms in total. The quantitative estimate of drug-likeness (QED) is 0.560. The van der Waals surface area contributed by atoms with Crippen LogP contribution in [-0.4, -0.2) is 17.0 Å². The van der Waals surface area contributed by atoms with Gasteiger partial charge in [-0.1, -0.05) is 84.9 Å². The van der Waals surface area contributed by atoms with Gasteiger partial charge in [-0.2, -0.15) is 0 Å². The van der Waals surface area contributed by atoms with Crippen molar-refractivity contribution in [1.82, 2.24) is 0 Å². The molecule has 0 fully saturated rings. The molecule has 4 heteroatoms. The van der Waals surface area contributed by atoms with E-state index in [4.69, 9.17) is 10.8 Å². The number of carbonyl (C=O) groups is 2. The summed E-state index contributed by atoms with van der Waals surface area (Å²) in [7, 11) is 0.